The molecule has 1 atom stereocenters. The molecule has 2 N–H and O–H groups in total. The van der Waals surface area contributed by atoms with E-state index in [1.54, 1.807) is 17.9 Å². The van der Waals surface area contributed by atoms with Gasteiger partial charge >= 0.3 is 6.03 Å². The van der Waals surface area contributed by atoms with Gasteiger partial charge in [-0.15, -0.1) is 11.3 Å². The zero-order valence-electron chi connectivity index (χ0n) is 13.0. The van der Waals surface area contributed by atoms with Gasteiger partial charge < -0.3 is 10.1 Å². The van der Waals surface area contributed by atoms with E-state index in [9.17, 15) is 4.79 Å². The fraction of sp³-hybridized carbons (Fsp3) is 0.500. The van der Waals surface area contributed by atoms with Crippen LogP contribution in [0.3, 0.4) is 0 Å². The summed E-state index contributed by atoms with van der Waals surface area (Å²) in [5, 5.41) is 12.7. The minimum atomic E-state index is -0.289. The van der Waals surface area contributed by atoms with Crippen LogP contribution in [-0.4, -0.2) is 34.5 Å². The van der Waals surface area contributed by atoms with E-state index < -0.39 is 0 Å². The van der Waals surface area contributed by atoms with Crippen molar-refractivity contribution in [2.45, 2.75) is 32.9 Å². The van der Waals surface area contributed by atoms with E-state index in [1.807, 2.05) is 25.4 Å². The molecule has 0 spiro atoms. The summed E-state index contributed by atoms with van der Waals surface area (Å²) in [4.78, 5) is 16.3. The van der Waals surface area contributed by atoms with Gasteiger partial charge in [-0.3, -0.25) is 10.00 Å². The Labute approximate surface area is 133 Å². The molecule has 7 nitrogen and oxygen atoms in total. The highest BCUT2D eigenvalue weighted by molar-refractivity contribution is 7.09. The van der Waals surface area contributed by atoms with Crippen molar-refractivity contribution in [3.8, 4) is 0 Å². The van der Waals surface area contributed by atoms with Gasteiger partial charge in [0.15, 0.2) is 5.82 Å². The zero-order valence-corrected chi connectivity index (χ0v) is 13.8. The van der Waals surface area contributed by atoms with Gasteiger partial charge in [-0.1, -0.05) is 0 Å². The minimum Gasteiger partial charge on any atom is -0.385 e. The number of thiazole rings is 1. The number of anilines is 1. The Morgan fingerprint density at radius 2 is 2.36 bits per heavy atom. The molecule has 0 aromatic carbocycles. The topological polar surface area (TPSA) is 81.1 Å². The molecular formula is C14H21N5O2S. The van der Waals surface area contributed by atoms with Gasteiger partial charge in [0.25, 0.3) is 0 Å². The molecule has 2 rings (SSSR count). The second kappa shape index (κ2) is 7.90. The summed E-state index contributed by atoms with van der Waals surface area (Å²) < 4.78 is 6.78. The number of carbonyl (C=O) groups excluding carboxylic acids is 1. The second-order valence-electron chi connectivity index (χ2n) is 4.96. The van der Waals surface area contributed by atoms with E-state index in [-0.39, 0.29) is 12.1 Å². The summed E-state index contributed by atoms with van der Waals surface area (Å²) in [6.45, 7) is 5.28. The predicted molar refractivity (Wildman–Crippen MR) is 86.1 cm³/mol. The predicted octanol–water partition coefficient (Wildman–Crippen LogP) is 2.57. The van der Waals surface area contributed by atoms with Crippen LogP contribution in [0.25, 0.3) is 0 Å². The van der Waals surface area contributed by atoms with Gasteiger partial charge in [-0.25, -0.2) is 9.78 Å². The summed E-state index contributed by atoms with van der Waals surface area (Å²) in [7, 11) is 1.67. The molecule has 2 aromatic rings. The molecule has 0 aliphatic heterocycles. The van der Waals surface area contributed by atoms with E-state index in [0.717, 1.165) is 23.7 Å². The third kappa shape index (κ3) is 4.81. The van der Waals surface area contributed by atoms with Gasteiger partial charge in [0, 0.05) is 43.6 Å². The Bertz CT molecular complexity index is 610. The molecule has 0 fully saturated rings. The van der Waals surface area contributed by atoms with Crippen LogP contribution in [0.15, 0.2) is 17.6 Å². The first-order valence-corrected chi connectivity index (χ1v) is 7.98. The Morgan fingerprint density at radius 1 is 1.55 bits per heavy atom. The lowest BCUT2D eigenvalue weighted by atomic mass is 10.3. The molecule has 22 heavy (non-hydrogen) atoms. The number of nitrogens with zero attached hydrogens (tertiary/aromatic N) is 3. The van der Waals surface area contributed by atoms with Crippen LogP contribution < -0.4 is 10.6 Å². The molecule has 0 bridgehead atoms. The number of amides is 2. The Morgan fingerprint density at radius 3 is 3.05 bits per heavy atom. The number of carbonyl (C=O) groups is 1. The number of urea groups is 1. The van der Waals surface area contributed by atoms with Crippen molar-refractivity contribution in [3.63, 3.8) is 0 Å². The first-order valence-electron chi connectivity index (χ1n) is 7.10. The van der Waals surface area contributed by atoms with Crippen LogP contribution >= 0.6 is 11.3 Å². The molecule has 8 heteroatoms. The summed E-state index contributed by atoms with van der Waals surface area (Å²) in [5.74, 6) is 0.525. The second-order valence-corrected chi connectivity index (χ2v) is 5.85. The van der Waals surface area contributed by atoms with Crippen molar-refractivity contribution in [1.82, 2.24) is 20.1 Å². The number of hydrogen-bond donors (Lipinski definition) is 2. The molecule has 2 heterocycles. The number of aryl methyl sites for hydroxylation is 2. The molecular weight excluding hydrogens is 302 g/mol. The maximum atomic E-state index is 12.0. The number of ether oxygens (including phenoxy) is 1. The minimum absolute atomic E-state index is 0.137. The van der Waals surface area contributed by atoms with Crippen molar-refractivity contribution >= 4 is 23.2 Å². The zero-order chi connectivity index (χ0) is 15.9. The van der Waals surface area contributed by atoms with Crippen molar-refractivity contribution in [2.24, 2.45) is 0 Å². The number of aromatic nitrogens is 3. The molecule has 120 valence electrons. The lowest BCUT2D eigenvalue weighted by molar-refractivity contribution is 0.189. The third-order valence-electron chi connectivity index (χ3n) is 2.97. The number of methoxy groups -OCH3 is 1. The molecule has 0 saturated heterocycles. The molecule has 0 aliphatic rings. The monoisotopic (exact) mass is 323 g/mol. The van der Waals surface area contributed by atoms with Crippen LogP contribution in [0.2, 0.25) is 0 Å². The fourth-order valence-electron chi connectivity index (χ4n) is 1.91. The number of rotatable bonds is 7. The van der Waals surface area contributed by atoms with Gasteiger partial charge in [0.2, 0.25) is 0 Å². The highest BCUT2D eigenvalue weighted by Gasteiger charge is 2.13. The highest BCUT2D eigenvalue weighted by Crippen LogP contribution is 2.17. The molecule has 2 aromatic heterocycles. The van der Waals surface area contributed by atoms with Crippen LogP contribution in [0.5, 0.6) is 0 Å². The van der Waals surface area contributed by atoms with Gasteiger partial charge in [-0.05, 0) is 20.3 Å². The molecule has 0 radical (unpaired) electrons. The van der Waals surface area contributed by atoms with E-state index in [4.69, 9.17) is 4.74 Å². The van der Waals surface area contributed by atoms with E-state index >= 15 is 0 Å². The normalized spacial score (nSPS) is 12.1. The maximum Gasteiger partial charge on any atom is 0.321 e. The molecule has 0 unspecified atom stereocenters. The van der Waals surface area contributed by atoms with E-state index in [0.29, 0.717) is 12.4 Å². The summed E-state index contributed by atoms with van der Waals surface area (Å²) in [6, 6.07) is 1.34. The van der Waals surface area contributed by atoms with Gasteiger partial charge in [-0.2, -0.15) is 5.10 Å². The summed E-state index contributed by atoms with van der Waals surface area (Å²) in [6.07, 6.45) is 2.71. The van der Waals surface area contributed by atoms with Crippen LogP contribution in [-0.2, 0) is 11.3 Å². The Hall–Kier alpha value is -1.93. The van der Waals surface area contributed by atoms with Crippen LogP contribution in [0, 0.1) is 6.92 Å². The third-order valence-corrected chi connectivity index (χ3v) is 4.12. The standard InChI is InChI=1S/C14H21N5O2S/c1-10-9-22-13(15-10)11(2)16-14(20)17-12-5-7-19(18-12)6-4-8-21-3/h5,7,9,11H,4,6,8H2,1-3H3,(H2,16,17,18,20)/t11-/m1/s1. The van der Waals surface area contributed by atoms with E-state index in [1.165, 1.54) is 11.3 Å². The lowest BCUT2D eigenvalue weighted by Gasteiger charge is -2.11. The number of hydrogen-bond acceptors (Lipinski definition) is 5. The quantitative estimate of drug-likeness (QED) is 0.767. The lowest BCUT2D eigenvalue weighted by Crippen LogP contribution is -2.31. The smallest absolute Gasteiger partial charge is 0.321 e. The SMILES string of the molecule is COCCCn1ccc(NC(=O)N[C@H](C)c2nc(C)cs2)n1. The number of nitrogens with one attached hydrogen (secondary N) is 2. The van der Waals surface area contributed by atoms with Crippen LogP contribution in [0.4, 0.5) is 10.6 Å². The van der Waals surface area contributed by atoms with Gasteiger partial charge in [0.05, 0.1) is 6.04 Å². The average Bonchev–Trinajstić information content (AvgIpc) is 3.08. The summed E-state index contributed by atoms with van der Waals surface area (Å²) >= 11 is 1.54. The largest absolute Gasteiger partial charge is 0.385 e. The molecule has 0 aliphatic carbocycles. The van der Waals surface area contributed by atoms with Crippen LogP contribution in [0.1, 0.15) is 30.1 Å². The van der Waals surface area contributed by atoms with Crippen molar-refractivity contribution in [3.05, 3.63) is 28.3 Å². The molecule has 2 amide bonds. The first-order chi connectivity index (χ1) is 10.6. The summed E-state index contributed by atoms with van der Waals surface area (Å²) in [5.41, 5.74) is 0.962. The molecule has 0 saturated carbocycles. The first kappa shape index (κ1) is 16.4. The average molecular weight is 323 g/mol. The van der Waals surface area contributed by atoms with E-state index in [2.05, 4.69) is 20.7 Å². The van der Waals surface area contributed by atoms with Crippen molar-refractivity contribution < 1.29 is 9.53 Å². The highest BCUT2D eigenvalue weighted by atomic mass is 32.1. The fourth-order valence-corrected chi connectivity index (χ4v) is 2.71. The van der Waals surface area contributed by atoms with Crippen molar-refractivity contribution in [2.75, 3.05) is 19.0 Å². The Kier molecular flexibility index (Phi) is 5.91. The van der Waals surface area contributed by atoms with Crippen molar-refractivity contribution in [1.29, 1.82) is 0 Å². The van der Waals surface area contributed by atoms with Gasteiger partial charge in [0.1, 0.15) is 5.01 Å². The Balaban J connectivity index is 1.81. The maximum absolute atomic E-state index is 12.0.